The lowest BCUT2D eigenvalue weighted by Gasteiger charge is -2.32. The largest absolute Gasteiger partial charge is 0.326 e. The van der Waals surface area contributed by atoms with E-state index in [0.29, 0.717) is 0 Å². The van der Waals surface area contributed by atoms with Gasteiger partial charge in [0.2, 0.25) is 0 Å². The normalized spacial score (nSPS) is 14.2. The number of aromatic nitrogens is 2. The van der Waals surface area contributed by atoms with Gasteiger partial charge in [-0.3, -0.25) is 14.9 Å². The van der Waals surface area contributed by atoms with Gasteiger partial charge >= 0.3 is 0 Å². The molecule has 2 aromatic rings. The van der Waals surface area contributed by atoms with Crippen molar-refractivity contribution >= 4 is 0 Å². The standard InChI is InChI=1S/C16H22N4/c1-3-15(17)16(13-7-6-9-18-11-13)20(2)12-14-8-4-5-10-19-14/h4-11,15-16H,3,12,17H2,1-2H3. The third-order valence-corrected chi connectivity index (χ3v) is 3.52. The summed E-state index contributed by atoms with van der Waals surface area (Å²) in [5.41, 5.74) is 8.52. The first kappa shape index (κ1) is 14.6. The van der Waals surface area contributed by atoms with Crippen LogP contribution in [0.15, 0.2) is 48.9 Å². The average molecular weight is 270 g/mol. The second-order valence-electron chi connectivity index (χ2n) is 5.04. The topological polar surface area (TPSA) is 55.0 Å². The van der Waals surface area contributed by atoms with Gasteiger partial charge in [0, 0.05) is 31.2 Å². The lowest BCUT2D eigenvalue weighted by atomic mass is 9.98. The quantitative estimate of drug-likeness (QED) is 0.875. The van der Waals surface area contributed by atoms with Crippen LogP contribution >= 0.6 is 0 Å². The van der Waals surface area contributed by atoms with E-state index in [0.717, 1.165) is 24.2 Å². The fourth-order valence-electron chi connectivity index (χ4n) is 2.45. The Kier molecular flexibility index (Phi) is 5.21. The predicted molar refractivity (Wildman–Crippen MR) is 80.9 cm³/mol. The molecule has 0 radical (unpaired) electrons. The van der Waals surface area contributed by atoms with E-state index in [1.54, 1.807) is 6.20 Å². The Morgan fingerprint density at radius 2 is 2.05 bits per heavy atom. The minimum Gasteiger partial charge on any atom is -0.326 e. The summed E-state index contributed by atoms with van der Waals surface area (Å²) < 4.78 is 0. The number of nitrogens with two attached hydrogens (primary N) is 1. The summed E-state index contributed by atoms with van der Waals surface area (Å²) in [6, 6.07) is 10.2. The number of pyridine rings is 2. The minimum absolute atomic E-state index is 0.0768. The van der Waals surface area contributed by atoms with Crippen molar-refractivity contribution in [3.63, 3.8) is 0 Å². The SMILES string of the molecule is CCC(N)C(c1cccnc1)N(C)Cc1ccccn1. The molecule has 0 saturated heterocycles. The number of hydrogen-bond acceptors (Lipinski definition) is 4. The number of nitrogens with zero attached hydrogens (tertiary/aromatic N) is 3. The maximum atomic E-state index is 6.31. The van der Waals surface area contributed by atoms with Crippen molar-refractivity contribution < 1.29 is 0 Å². The highest BCUT2D eigenvalue weighted by Crippen LogP contribution is 2.24. The van der Waals surface area contributed by atoms with Gasteiger partial charge in [-0.15, -0.1) is 0 Å². The molecule has 106 valence electrons. The predicted octanol–water partition coefficient (Wildman–Crippen LogP) is 2.39. The molecule has 4 nitrogen and oxygen atoms in total. The van der Waals surface area contributed by atoms with Gasteiger partial charge in [-0.1, -0.05) is 19.1 Å². The molecule has 2 heterocycles. The van der Waals surface area contributed by atoms with Crippen LogP contribution in [0.3, 0.4) is 0 Å². The van der Waals surface area contributed by atoms with E-state index < -0.39 is 0 Å². The van der Waals surface area contributed by atoms with Crippen molar-refractivity contribution in [2.24, 2.45) is 5.73 Å². The lowest BCUT2D eigenvalue weighted by molar-refractivity contribution is 0.199. The van der Waals surface area contributed by atoms with Gasteiger partial charge in [-0.2, -0.15) is 0 Å². The van der Waals surface area contributed by atoms with E-state index in [1.807, 2.05) is 36.7 Å². The third-order valence-electron chi connectivity index (χ3n) is 3.52. The van der Waals surface area contributed by atoms with E-state index in [1.165, 1.54) is 0 Å². The molecule has 0 aliphatic rings. The maximum Gasteiger partial charge on any atom is 0.0544 e. The Bertz CT molecular complexity index is 500. The molecule has 20 heavy (non-hydrogen) atoms. The van der Waals surface area contributed by atoms with Crippen molar-refractivity contribution in [3.8, 4) is 0 Å². The minimum atomic E-state index is 0.0768. The molecule has 2 aromatic heterocycles. The zero-order valence-corrected chi connectivity index (χ0v) is 12.1. The summed E-state index contributed by atoms with van der Waals surface area (Å²) in [4.78, 5) is 10.8. The summed E-state index contributed by atoms with van der Waals surface area (Å²) in [5, 5.41) is 0. The van der Waals surface area contributed by atoms with Crippen LogP contribution in [0.25, 0.3) is 0 Å². The summed E-state index contributed by atoms with van der Waals surface area (Å²) in [6.45, 7) is 2.89. The van der Waals surface area contributed by atoms with Gasteiger partial charge in [-0.05, 0) is 37.2 Å². The monoisotopic (exact) mass is 270 g/mol. The highest BCUT2D eigenvalue weighted by Gasteiger charge is 2.23. The molecule has 0 aliphatic heterocycles. The second kappa shape index (κ2) is 7.12. The maximum absolute atomic E-state index is 6.31. The highest BCUT2D eigenvalue weighted by molar-refractivity contribution is 5.17. The number of likely N-dealkylation sites (N-methyl/N-ethyl adjacent to an activating group) is 1. The molecule has 2 unspecified atom stereocenters. The van der Waals surface area contributed by atoms with E-state index in [-0.39, 0.29) is 12.1 Å². The molecule has 2 atom stereocenters. The molecule has 0 saturated carbocycles. The molecule has 0 spiro atoms. The van der Waals surface area contributed by atoms with E-state index in [4.69, 9.17) is 5.73 Å². The van der Waals surface area contributed by atoms with Crippen LogP contribution < -0.4 is 5.73 Å². The van der Waals surface area contributed by atoms with E-state index in [9.17, 15) is 0 Å². The molecule has 2 rings (SSSR count). The summed E-state index contributed by atoms with van der Waals surface area (Å²) in [7, 11) is 2.09. The van der Waals surface area contributed by atoms with Gasteiger partial charge in [0.25, 0.3) is 0 Å². The van der Waals surface area contributed by atoms with Gasteiger partial charge in [0.05, 0.1) is 11.7 Å². The first-order valence-electron chi connectivity index (χ1n) is 6.98. The molecule has 4 heteroatoms. The molecular formula is C16H22N4. The molecule has 2 N–H and O–H groups in total. The van der Waals surface area contributed by atoms with Crippen molar-refractivity contribution in [1.82, 2.24) is 14.9 Å². The first-order valence-corrected chi connectivity index (χ1v) is 6.98. The Labute approximate surface area is 120 Å². The van der Waals surface area contributed by atoms with Gasteiger partial charge in [0.1, 0.15) is 0 Å². The van der Waals surface area contributed by atoms with Crippen LogP contribution in [0.4, 0.5) is 0 Å². The van der Waals surface area contributed by atoms with Crippen LogP contribution in [0.5, 0.6) is 0 Å². The zero-order valence-electron chi connectivity index (χ0n) is 12.1. The van der Waals surface area contributed by atoms with E-state index >= 15 is 0 Å². The molecule has 0 aliphatic carbocycles. The molecular weight excluding hydrogens is 248 g/mol. The van der Waals surface area contributed by atoms with Crippen molar-refractivity contribution in [2.75, 3.05) is 7.05 Å². The van der Waals surface area contributed by atoms with Crippen LogP contribution in [-0.2, 0) is 6.54 Å². The van der Waals surface area contributed by atoms with Crippen LogP contribution in [-0.4, -0.2) is 28.0 Å². The Hall–Kier alpha value is -1.78. The smallest absolute Gasteiger partial charge is 0.0544 e. The van der Waals surface area contributed by atoms with Gasteiger partial charge in [-0.25, -0.2) is 0 Å². The van der Waals surface area contributed by atoms with Crippen molar-refractivity contribution in [3.05, 3.63) is 60.2 Å². The second-order valence-corrected chi connectivity index (χ2v) is 5.04. The third kappa shape index (κ3) is 3.62. The molecule has 0 bridgehead atoms. The lowest BCUT2D eigenvalue weighted by Crippen LogP contribution is -2.38. The zero-order chi connectivity index (χ0) is 14.4. The first-order chi connectivity index (χ1) is 9.72. The molecule has 0 amide bonds. The Balaban J connectivity index is 2.19. The Morgan fingerprint density at radius 3 is 2.65 bits per heavy atom. The average Bonchev–Trinajstić information content (AvgIpc) is 2.49. The van der Waals surface area contributed by atoms with Crippen LogP contribution in [0.1, 0.15) is 30.6 Å². The fraction of sp³-hybridized carbons (Fsp3) is 0.375. The van der Waals surface area contributed by atoms with Crippen LogP contribution in [0, 0.1) is 0 Å². The number of rotatable bonds is 6. The summed E-state index contributed by atoms with van der Waals surface area (Å²) in [6.07, 6.45) is 6.43. The summed E-state index contributed by atoms with van der Waals surface area (Å²) >= 11 is 0. The van der Waals surface area contributed by atoms with E-state index in [2.05, 4.69) is 34.9 Å². The van der Waals surface area contributed by atoms with Gasteiger partial charge < -0.3 is 5.73 Å². The van der Waals surface area contributed by atoms with Crippen molar-refractivity contribution in [1.29, 1.82) is 0 Å². The highest BCUT2D eigenvalue weighted by atomic mass is 15.2. The summed E-state index contributed by atoms with van der Waals surface area (Å²) in [5.74, 6) is 0. The Morgan fingerprint density at radius 1 is 1.20 bits per heavy atom. The molecule has 0 fully saturated rings. The fourth-order valence-corrected chi connectivity index (χ4v) is 2.45. The van der Waals surface area contributed by atoms with Crippen molar-refractivity contribution in [2.45, 2.75) is 32.0 Å². The van der Waals surface area contributed by atoms with Crippen LogP contribution in [0.2, 0.25) is 0 Å². The number of hydrogen-bond donors (Lipinski definition) is 1. The molecule has 0 aromatic carbocycles. The van der Waals surface area contributed by atoms with Gasteiger partial charge in [0.15, 0.2) is 0 Å².